The van der Waals surface area contributed by atoms with Gasteiger partial charge in [0, 0.05) is 25.0 Å². The Bertz CT molecular complexity index is 463. The summed E-state index contributed by atoms with van der Waals surface area (Å²) in [5.41, 5.74) is 0.0369. The van der Waals surface area contributed by atoms with Gasteiger partial charge in [0.15, 0.2) is 5.82 Å². The van der Waals surface area contributed by atoms with E-state index in [-0.39, 0.29) is 5.56 Å². The van der Waals surface area contributed by atoms with Crippen LogP contribution in [0.25, 0.3) is 0 Å². The molecule has 0 atom stereocenters. The van der Waals surface area contributed by atoms with E-state index in [0.29, 0.717) is 11.9 Å². The van der Waals surface area contributed by atoms with Crippen LogP contribution in [0.1, 0.15) is 64.8 Å². The first kappa shape index (κ1) is 15.1. The molecule has 1 aromatic rings. The number of hydrogen-bond donors (Lipinski definition) is 1. The number of hydrogen-bond acceptors (Lipinski definition) is 3. The zero-order valence-corrected chi connectivity index (χ0v) is 12.8. The Labute approximate surface area is 121 Å². The van der Waals surface area contributed by atoms with E-state index < -0.39 is 0 Å². The minimum atomic E-state index is 0.0369. The highest BCUT2D eigenvalue weighted by molar-refractivity contribution is 5.30. The summed E-state index contributed by atoms with van der Waals surface area (Å²) in [6, 6.07) is 0.419. The molecular formula is C16H27N3O. The summed E-state index contributed by atoms with van der Waals surface area (Å²) < 4.78 is 1.82. The standard InChI is InChI=1S/C16H27N3O/c1-13(2)7-5-3-4-6-10-17-15-16(20)19(12-11-18-15)14-8-9-14/h11-14H,3-10H2,1-2H3,(H,17,18). The molecule has 0 aliphatic heterocycles. The first-order valence-corrected chi connectivity index (χ1v) is 7.99. The number of nitrogens with one attached hydrogen (secondary N) is 1. The van der Waals surface area contributed by atoms with Crippen molar-refractivity contribution < 1.29 is 0 Å². The molecule has 1 aromatic heterocycles. The SMILES string of the molecule is CC(C)CCCCCCNc1nccn(C2CC2)c1=O. The Balaban J connectivity index is 1.67. The normalized spacial score (nSPS) is 14.8. The third-order valence-corrected chi connectivity index (χ3v) is 3.81. The first-order chi connectivity index (χ1) is 9.68. The molecule has 0 amide bonds. The fourth-order valence-corrected chi connectivity index (χ4v) is 2.42. The molecule has 1 N–H and O–H groups in total. The van der Waals surface area contributed by atoms with Crippen molar-refractivity contribution in [3.05, 3.63) is 22.7 Å². The van der Waals surface area contributed by atoms with Gasteiger partial charge in [-0.25, -0.2) is 4.98 Å². The van der Waals surface area contributed by atoms with Crippen molar-refractivity contribution in [1.82, 2.24) is 9.55 Å². The number of anilines is 1. The molecule has 4 nitrogen and oxygen atoms in total. The fourth-order valence-electron chi connectivity index (χ4n) is 2.42. The summed E-state index contributed by atoms with van der Waals surface area (Å²) >= 11 is 0. The topological polar surface area (TPSA) is 46.9 Å². The van der Waals surface area contributed by atoms with Gasteiger partial charge in [0.2, 0.25) is 0 Å². The second-order valence-corrected chi connectivity index (χ2v) is 6.24. The average molecular weight is 277 g/mol. The van der Waals surface area contributed by atoms with E-state index in [0.717, 1.165) is 31.7 Å². The van der Waals surface area contributed by atoms with Crippen molar-refractivity contribution in [3.63, 3.8) is 0 Å². The van der Waals surface area contributed by atoms with Crippen LogP contribution in [0.5, 0.6) is 0 Å². The molecule has 20 heavy (non-hydrogen) atoms. The average Bonchev–Trinajstić information content (AvgIpc) is 3.23. The molecular weight excluding hydrogens is 250 g/mol. The third-order valence-electron chi connectivity index (χ3n) is 3.81. The number of rotatable bonds is 9. The monoisotopic (exact) mass is 277 g/mol. The third kappa shape index (κ3) is 4.66. The van der Waals surface area contributed by atoms with Crippen LogP contribution in [0.2, 0.25) is 0 Å². The van der Waals surface area contributed by atoms with Gasteiger partial charge in [0.1, 0.15) is 0 Å². The minimum Gasteiger partial charge on any atom is -0.365 e. The summed E-state index contributed by atoms with van der Waals surface area (Å²) in [5, 5.41) is 3.19. The molecule has 2 rings (SSSR count). The van der Waals surface area contributed by atoms with E-state index in [2.05, 4.69) is 24.1 Å². The number of unbranched alkanes of at least 4 members (excludes halogenated alkanes) is 3. The molecule has 1 aliphatic rings. The van der Waals surface area contributed by atoms with E-state index >= 15 is 0 Å². The zero-order chi connectivity index (χ0) is 14.4. The Morgan fingerprint density at radius 2 is 2.05 bits per heavy atom. The van der Waals surface area contributed by atoms with Gasteiger partial charge >= 0.3 is 0 Å². The minimum absolute atomic E-state index is 0.0369. The molecule has 0 aromatic carbocycles. The van der Waals surface area contributed by atoms with Crippen LogP contribution < -0.4 is 10.9 Å². The number of nitrogens with zero attached hydrogens (tertiary/aromatic N) is 2. The van der Waals surface area contributed by atoms with Gasteiger partial charge in [-0.15, -0.1) is 0 Å². The lowest BCUT2D eigenvalue weighted by molar-refractivity contribution is 0.523. The second kappa shape index (κ2) is 7.46. The Morgan fingerprint density at radius 3 is 2.75 bits per heavy atom. The predicted octanol–water partition coefficient (Wildman–Crippen LogP) is 3.60. The van der Waals surface area contributed by atoms with Gasteiger partial charge < -0.3 is 9.88 Å². The van der Waals surface area contributed by atoms with Gasteiger partial charge in [0.05, 0.1) is 0 Å². The van der Waals surface area contributed by atoms with Gasteiger partial charge in [-0.3, -0.25) is 4.79 Å². The largest absolute Gasteiger partial charge is 0.365 e. The molecule has 4 heteroatoms. The lowest BCUT2D eigenvalue weighted by atomic mass is 10.0. The summed E-state index contributed by atoms with van der Waals surface area (Å²) in [5.74, 6) is 1.32. The highest BCUT2D eigenvalue weighted by Gasteiger charge is 2.25. The molecule has 0 spiro atoms. The van der Waals surface area contributed by atoms with Gasteiger partial charge in [-0.2, -0.15) is 0 Å². The highest BCUT2D eigenvalue weighted by atomic mass is 16.1. The molecule has 0 bridgehead atoms. The molecule has 1 fully saturated rings. The van der Waals surface area contributed by atoms with Crippen molar-refractivity contribution in [3.8, 4) is 0 Å². The highest BCUT2D eigenvalue weighted by Crippen LogP contribution is 2.33. The lowest BCUT2D eigenvalue weighted by Gasteiger charge is -2.08. The smallest absolute Gasteiger partial charge is 0.293 e. The molecule has 0 radical (unpaired) electrons. The van der Waals surface area contributed by atoms with Crippen LogP contribution in [0.3, 0.4) is 0 Å². The van der Waals surface area contributed by atoms with Crippen molar-refractivity contribution in [1.29, 1.82) is 0 Å². The molecule has 1 saturated carbocycles. The van der Waals surface area contributed by atoms with Crippen LogP contribution in [0, 0.1) is 5.92 Å². The Morgan fingerprint density at radius 1 is 1.30 bits per heavy atom. The van der Waals surface area contributed by atoms with Crippen LogP contribution in [-0.4, -0.2) is 16.1 Å². The van der Waals surface area contributed by atoms with Crippen molar-refractivity contribution in [2.24, 2.45) is 5.92 Å². The predicted molar refractivity (Wildman–Crippen MR) is 83.2 cm³/mol. The zero-order valence-electron chi connectivity index (χ0n) is 12.8. The molecule has 0 unspecified atom stereocenters. The summed E-state index contributed by atoms with van der Waals surface area (Å²) in [6.45, 7) is 5.39. The summed E-state index contributed by atoms with van der Waals surface area (Å²) in [4.78, 5) is 16.3. The Hall–Kier alpha value is -1.32. The van der Waals surface area contributed by atoms with Crippen molar-refractivity contribution >= 4 is 5.82 Å². The maximum atomic E-state index is 12.1. The first-order valence-electron chi connectivity index (χ1n) is 7.99. The van der Waals surface area contributed by atoms with E-state index in [9.17, 15) is 4.79 Å². The molecule has 112 valence electrons. The molecule has 0 saturated heterocycles. The second-order valence-electron chi connectivity index (χ2n) is 6.24. The van der Waals surface area contributed by atoms with E-state index in [1.54, 1.807) is 12.4 Å². The van der Waals surface area contributed by atoms with E-state index in [4.69, 9.17) is 0 Å². The maximum absolute atomic E-state index is 12.1. The summed E-state index contributed by atoms with van der Waals surface area (Å²) in [7, 11) is 0. The Kier molecular flexibility index (Phi) is 5.62. The van der Waals surface area contributed by atoms with Crippen LogP contribution in [0.15, 0.2) is 17.2 Å². The quantitative estimate of drug-likeness (QED) is 0.702. The molecule has 1 heterocycles. The van der Waals surface area contributed by atoms with Crippen LogP contribution >= 0.6 is 0 Å². The number of aromatic nitrogens is 2. The van der Waals surface area contributed by atoms with Gasteiger partial charge in [0.25, 0.3) is 5.56 Å². The maximum Gasteiger partial charge on any atom is 0.293 e. The summed E-state index contributed by atoms with van der Waals surface area (Å²) in [6.07, 6.45) is 12.0. The van der Waals surface area contributed by atoms with Crippen LogP contribution in [-0.2, 0) is 0 Å². The molecule has 1 aliphatic carbocycles. The van der Waals surface area contributed by atoms with E-state index in [1.807, 2.05) is 4.57 Å². The van der Waals surface area contributed by atoms with Gasteiger partial charge in [-0.05, 0) is 25.2 Å². The van der Waals surface area contributed by atoms with Crippen molar-refractivity contribution in [2.75, 3.05) is 11.9 Å². The van der Waals surface area contributed by atoms with E-state index in [1.165, 1.54) is 25.7 Å². The van der Waals surface area contributed by atoms with Crippen molar-refractivity contribution in [2.45, 2.75) is 64.8 Å². The fraction of sp³-hybridized carbons (Fsp3) is 0.750. The van der Waals surface area contributed by atoms with Gasteiger partial charge in [-0.1, -0.05) is 39.5 Å². The lowest BCUT2D eigenvalue weighted by Crippen LogP contribution is -2.24. The van der Waals surface area contributed by atoms with Crippen LogP contribution in [0.4, 0.5) is 5.82 Å².